The molecule has 0 aliphatic carbocycles. The Labute approximate surface area is 365 Å². The van der Waals surface area contributed by atoms with Gasteiger partial charge in [0.05, 0.1) is 33.0 Å². The summed E-state index contributed by atoms with van der Waals surface area (Å²) in [6.07, 6.45) is 20.5. The zero-order chi connectivity index (χ0) is 45.2. The van der Waals surface area contributed by atoms with Gasteiger partial charge in [0.1, 0.15) is 30.8 Å². The highest BCUT2D eigenvalue weighted by Crippen LogP contribution is 2.15. The van der Waals surface area contributed by atoms with E-state index in [4.69, 9.17) is 24.7 Å². The van der Waals surface area contributed by atoms with Crippen molar-refractivity contribution in [2.75, 3.05) is 65.9 Å². The molecular weight excluding hydrogens is 789 g/mol. The molecule has 0 saturated carbocycles. The molecule has 0 spiro atoms. The van der Waals surface area contributed by atoms with Crippen molar-refractivity contribution in [3.05, 3.63) is 0 Å². The van der Waals surface area contributed by atoms with Gasteiger partial charge in [-0.15, -0.1) is 0 Å². The normalized spacial score (nSPS) is 12.1. The molecule has 0 aromatic carbocycles. The van der Waals surface area contributed by atoms with Crippen molar-refractivity contribution in [3.8, 4) is 0 Å². The van der Waals surface area contributed by atoms with Gasteiger partial charge >= 0.3 is 5.97 Å². The first-order valence-electron chi connectivity index (χ1n) is 23.1. The van der Waals surface area contributed by atoms with Crippen LogP contribution in [0.3, 0.4) is 0 Å². The number of Topliss-reactive ketones (excluding diaryl/α,β-unsaturated/α-hetero) is 2. The first kappa shape index (κ1) is 57.5. The first-order chi connectivity index (χ1) is 29.5. The quantitative estimate of drug-likeness (QED) is 0.0477. The molecule has 0 rings (SSSR count). The number of carbonyl (C=O) groups is 7. The maximum Gasteiger partial charge on any atom is 0.326 e. The number of nitrogens with one attached hydrogen (secondary N) is 3. The summed E-state index contributed by atoms with van der Waals surface area (Å²) in [5, 5.41) is 17.6. The summed E-state index contributed by atoms with van der Waals surface area (Å²) in [6, 6.07) is -1.09. The molecule has 4 amide bonds. The Morgan fingerprint density at radius 3 is 1.51 bits per heavy atom. The average molecular weight is 871 g/mol. The lowest BCUT2D eigenvalue weighted by molar-refractivity contribution is -0.142. The number of aliphatic carboxylic acids is 1. The Morgan fingerprint density at radius 1 is 0.508 bits per heavy atom. The van der Waals surface area contributed by atoms with E-state index in [1.165, 1.54) is 51.4 Å². The first-order valence-corrected chi connectivity index (χ1v) is 23.1. The number of nitrogens with two attached hydrogens (primary N) is 1. The molecule has 0 unspecified atom stereocenters. The van der Waals surface area contributed by atoms with Crippen LogP contribution in [0.1, 0.15) is 168 Å². The standard InChI is InChI=1S/C45H82N4O12/c1-3-38(37(2)50)21-18-19-27-47-43(54)35-61-34-32-59-30-28-48-44(55)36-60-33-31-58-29-20-22-39(51)25-26-40(45(56)57)49-42(53)24-17-15-13-11-9-7-5-4-6-8-10-12-14-16-23-41(46)52/h38,40H,3-36H2,1-2H3,(H2,46,52)(H,47,54)(H,48,55)(H,49,53)(H,56,57)/t38-,40-/m0/s1. The van der Waals surface area contributed by atoms with Crippen molar-refractivity contribution in [1.29, 1.82) is 0 Å². The van der Waals surface area contributed by atoms with Crippen LogP contribution in [0, 0.1) is 5.92 Å². The smallest absolute Gasteiger partial charge is 0.326 e. The van der Waals surface area contributed by atoms with Crippen LogP contribution in [-0.4, -0.2) is 118 Å². The van der Waals surface area contributed by atoms with Crippen molar-refractivity contribution >= 4 is 41.2 Å². The van der Waals surface area contributed by atoms with Crippen molar-refractivity contribution in [2.24, 2.45) is 11.7 Å². The summed E-state index contributed by atoms with van der Waals surface area (Å²) >= 11 is 0. The van der Waals surface area contributed by atoms with Crippen LogP contribution in [0.25, 0.3) is 0 Å². The third-order valence-electron chi connectivity index (χ3n) is 10.3. The van der Waals surface area contributed by atoms with Crippen LogP contribution in [0.2, 0.25) is 0 Å². The number of primary amides is 1. The molecule has 16 heteroatoms. The van der Waals surface area contributed by atoms with Gasteiger partial charge in [0.2, 0.25) is 23.6 Å². The molecule has 0 aliphatic heterocycles. The minimum Gasteiger partial charge on any atom is -0.480 e. The fourth-order valence-corrected chi connectivity index (χ4v) is 6.60. The zero-order valence-corrected chi connectivity index (χ0v) is 37.7. The number of amides is 4. The van der Waals surface area contributed by atoms with Crippen LogP contribution in [0.15, 0.2) is 0 Å². The van der Waals surface area contributed by atoms with Crippen LogP contribution in [-0.2, 0) is 52.5 Å². The second-order valence-corrected chi connectivity index (χ2v) is 15.8. The largest absolute Gasteiger partial charge is 0.480 e. The number of ether oxygens (including phenoxy) is 4. The van der Waals surface area contributed by atoms with Crippen molar-refractivity contribution in [3.63, 3.8) is 0 Å². The molecule has 16 nitrogen and oxygen atoms in total. The van der Waals surface area contributed by atoms with Crippen molar-refractivity contribution in [2.45, 2.75) is 174 Å². The number of rotatable bonds is 46. The van der Waals surface area contributed by atoms with Gasteiger partial charge in [-0.3, -0.25) is 28.8 Å². The van der Waals surface area contributed by atoms with E-state index in [1.54, 1.807) is 6.92 Å². The molecule has 61 heavy (non-hydrogen) atoms. The highest BCUT2D eigenvalue weighted by Gasteiger charge is 2.21. The van der Waals surface area contributed by atoms with E-state index in [9.17, 15) is 38.7 Å². The van der Waals surface area contributed by atoms with E-state index in [1.807, 2.05) is 6.92 Å². The van der Waals surface area contributed by atoms with Gasteiger partial charge in [-0.25, -0.2) is 4.79 Å². The minimum absolute atomic E-state index is 0.0421. The molecular formula is C45H82N4O12. The van der Waals surface area contributed by atoms with E-state index in [2.05, 4.69) is 16.0 Å². The van der Waals surface area contributed by atoms with Gasteiger partial charge < -0.3 is 45.7 Å². The van der Waals surface area contributed by atoms with Crippen LogP contribution < -0.4 is 21.7 Å². The van der Waals surface area contributed by atoms with Crippen molar-refractivity contribution in [1.82, 2.24) is 16.0 Å². The van der Waals surface area contributed by atoms with Crippen LogP contribution in [0.4, 0.5) is 0 Å². The molecule has 6 N–H and O–H groups in total. The van der Waals surface area contributed by atoms with E-state index in [-0.39, 0.29) is 113 Å². The molecule has 0 aromatic rings. The van der Waals surface area contributed by atoms with Gasteiger partial charge in [0, 0.05) is 51.3 Å². The van der Waals surface area contributed by atoms with Crippen LogP contribution >= 0.6 is 0 Å². The predicted molar refractivity (Wildman–Crippen MR) is 234 cm³/mol. The third kappa shape index (κ3) is 40.4. The fourth-order valence-electron chi connectivity index (χ4n) is 6.60. The molecule has 0 saturated heterocycles. The Kier molecular flexibility index (Phi) is 39.5. The lowest BCUT2D eigenvalue weighted by Crippen LogP contribution is -2.41. The van der Waals surface area contributed by atoms with E-state index in [0.29, 0.717) is 39.0 Å². The average Bonchev–Trinajstić information content (AvgIpc) is 3.22. The summed E-state index contributed by atoms with van der Waals surface area (Å²) in [4.78, 5) is 82.3. The highest BCUT2D eigenvalue weighted by molar-refractivity contribution is 5.84. The number of unbranched alkanes of at least 4 members (excludes halogenated alkanes) is 14. The number of carboxylic acid groups (broad SMARTS) is 1. The van der Waals surface area contributed by atoms with Crippen molar-refractivity contribution < 1.29 is 57.6 Å². The lowest BCUT2D eigenvalue weighted by Gasteiger charge is -2.14. The fraction of sp³-hybridized carbons (Fsp3) is 0.844. The summed E-state index contributed by atoms with van der Waals surface area (Å²) < 4.78 is 21.5. The zero-order valence-electron chi connectivity index (χ0n) is 37.7. The number of hydrogen-bond acceptors (Lipinski definition) is 11. The minimum atomic E-state index is -1.15. The monoisotopic (exact) mass is 871 g/mol. The number of carboxylic acids is 1. The van der Waals surface area contributed by atoms with Gasteiger partial charge in [-0.05, 0) is 51.9 Å². The van der Waals surface area contributed by atoms with E-state index >= 15 is 0 Å². The topological polar surface area (TPSA) is 239 Å². The SMILES string of the molecule is CC[C@@H](CCCCNC(=O)COCCOCCNC(=O)COCCOCCCC(=O)CC[C@H](NC(=O)CCCCCCCCCCCCCCCCC(N)=O)C(=O)O)C(C)=O. The van der Waals surface area contributed by atoms with E-state index < -0.39 is 12.0 Å². The Hall–Kier alpha value is -3.47. The predicted octanol–water partition coefficient (Wildman–Crippen LogP) is 5.50. The molecule has 0 bridgehead atoms. The van der Waals surface area contributed by atoms with E-state index in [0.717, 1.165) is 57.8 Å². The summed E-state index contributed by atoms with van der Waals surface area (Å²) in [5.41, 5.74) is 5.16. The molecule has 0 fully saturated rings. The Balaban J connectivity index is 3.65. The Bertz CT molecular complexity index is 1190. The molecule has 0 heterocycles. The summed E-state index contributed by atoms with van der Waals surface area (Å²) in [7, 11) is 0. The second-order valence-electron chi connectivity index (χ2n) is 15.8. The third-order valence-corrected chi connectivity index (χ3v) is 10.3. The number of hydrogen-bond donors (Lipinski definition) is 5. The van der Waals surface area contributed by atoms with Gasteiger partial charge in [0.25, 0.3) is 0 Å². The highest BCUT2D eigenvalue weighted by atomic mass is 16.5. The summed E-state index contributed by atoms with van der Waals surface area (Å²) in [5.74, 6) is -1.94. The van der Waals surface area contributed by atoms with Gasteiger partial charge in [0.15, 0.2) is 0 Å². The molecule has 354 valence electrons. The molecule has 0 radical (unpaired) electrons. The van der Waals surface area contributed by atoms with Gasteiger partial charge in [-0.1, -0.05) is 90.4 Å². The molecule has 0 aromatic heterocycles. The van der Waals surface area contributed by atoms with Crippen LogP contribution in [0.5, 0.6) is 0 Å². The molecule has 0 aliphatic rings. The number of carbonyl (C=O) groups excluding carboxylic acids is 6. The maximum absolute atomic E-state index is 12.3. The summed E-state index contributed by atoms with van der Waals surface area (Å²) in [6.45, 7) is 5.85. The number of ketones is 2. The maximum atomic E-state index is 12.3. The van der Waals surface area contributed by atoms with Gasteiger partial charge in [-0.2, -0.15) is 0 Å². The second kappa shape index (κ2) is 41.9. The Morgan fingerprint density at radius 2 is 1.00 bits per heavy atom. The molecule has 2 atom stereocenters. The lowest BCUT2D eigenvalue weighted by atomic mass is 9.95.